The lowest BCUT2D eigenvalue weighted by Crippen LogP contribution is -2.49. The lowest BCUT2D eigenvalue weighted by Gasteiger charge is -2.56. The molecule has 7 atom stereocenters. The molecule has 0 aromatic heterocycles. The van der Waals surface area contributed by atoms with Crippen molar-refractivity contribution in [1.29, 1.82) is 0 Å². The molecule has 27 heavy (non-hydrogen) atoms. The van der Waals surface area contributed by atoms with Gasteiger partial charge < -0.3 is 5.11 Å². The maximum absolute atomic E-state index is 11.9. The van der Waals surface area contributed by atoms with Crippen molar-refractivity contribution in [3.63, 3.8) is 0 Å². The van der Waals surface area contributed by atoms with Gasteiger partial charge in [0.25, 0.3) is 0 Å². The van der Waals surface area contributed by atoms with Crippen molar-refractivity contribution in [2.24, 2.45) is 40.4 Å². The van der Waals surface area contributed by atoms with Crippen molar-refractivity contribution in [2.45, 2.75) is 72.1 Å². The minimum Gasteiger partial charge on any atom is -0.481 e. The van der Waals surface area contributed by atoms with Crippen LogP contribution in [0.3, 0.4) is 0 Å². The highest BCUT2D eigenvalue weighted by molar-refractivity contribution is 5.92. The van der Waals surface area contributed by atoms with Crippen LogP contribution in [-0.2, 0) is 9.59 Å². The third-order valence-electron chi connectivity index (χ3n) is 9.09. The van der Waals surface area contributed by atoms with Crippen LogP contribution in [0.4, 0.5) is 0 Å². The van der Waals surface area contributed by atoms with Gasteiger partial charge in [-0.05, 0) is 90.6 Å². The molecule has 2 fully saturated rings. The Morgan fingerprint density at radius 1 is 1.22 bits per heavy atom. The van der Waals surface area contributed by atoms with Gasteiger partial charge in [0.2, 0.25) is 0 Å². The molecule has 0 bridgehead atoms. The van der Waals surface area contributed by atoms with Gasteiger partial charge >= 0.3 is 5.97 Å². The standard InChI is InChI=1S/C24H34O3/c1-15(4-9-22(26)27)19-7-8-20-18-6-5-16-14-17(25)10-12-23(16,2)21(18)11-13-24(19,20)3/h5-6,14-15,18-21H,4,7-13H2,1-3H3,(H,26,27)/t15-,18+,19-,20+,21+,23-,24-/m0/s1. The van der Waals surface area contributed by atoms with E-state index in [-0.39, 0.29) is 5.41 Å². The van der Waals surface area contributed by atoms with E-state index in [1.807, 2.05) is 6.08 Å². The Labute approximate surface area is 163 Å². The summed E-state index contributed by atoms with van der Waals surface area (Å²) in [7, 11) is 0. The molecule has 3 nitrogen and oxygen atoms in total. The summed E-state index contributed by atoms with van der Waals surface area (Å²) in [4.78, 5) is 23.0. The molecule has 0 aromatic carbocycles. The molecule has 0 heterocycles. The van der Waals surface area contributed by atoms with Gasteiger partial charge in [-0.2, -0.15) is 0 Å². The van der Waals surface area contributed by atoms with Gasteiger partial charge in [0.15, 0.2) is 5.78 Å². The van der Waals surface area contributed by atoms with Crippen molar-refractivity contribution in [2.75, 3.05) is 0 Å². The minimum atomic E-state index is -0.667. The predicted octanol–water partition coefficient (Wildman–Crippen LogP) is 5.41. The van der Waals surface area contributed by atoms with E-state index in [0.717, 1.165) is 12.8 Å². The van der Waals surface area contributed by atoms with Crippen LogP contribution in [0.1, 0.15) is 72.1 Å². The predicted molar refractivity (Wildman–Crippen MR) is 106 cm³/mol. The number of carboxylic acid groups (broad SMARTS) is 1. The highest BCUT2D eigenvalue weighted by atomic mass is 16.4. The fourth-order valence-corrected chi connectivity index (χ4v) is 7.52. The minimum absolute atomic E-state index is 0.168. The van der Waals surface area contributed by atoms with Crippen molar-refractivity contribution < 1.29 is 14.7 Å². The summed E-state index contributed by atoms with van der Waals surface area (Å²) in [6, 6.07) is 0. The highest BCUT2D eigenvalue weighted by Gasteiger charge is 2.58. The van der Waals surface area contributed by atoms with Crippen molar-refractivity contribution in [1.82, 2.24) is 0 Å². The van der Waals surface area contributed by atoms with Gasteiger partial charge in [-0.3, -0.25) is 9.59 Å². The Balaban J connectivity index is 1.59. The second-order valence-electron chi connectivity index (χ2n) is 10.3. The molecule has 1 N–H and O–H groups in total. The molecular weight excluding hydrogens is 336 g/mol. The summed E-state index contributed by atoms with van der Waals surface area (Å²) in [5.74, 6) is 2.75. The SMILES string of the molecule is C[C@@H](CCC(=O)O)[C@@H]1CC[C@@H]2[C@H]3C=CC4=CC(=O)CC[C@]4(C)[C@@H]3CC[C@]21C. The first kappa shape index (κ1) is 19.0. The van der Waals surface area contributed by atoms with Crippen molar-refractivity contribution in [3.05, 3.63) is 23.8 Å². The number of allylic oxidation sites excluding steroid dienone is 4. The zero-order chi connectivity index (χ0) is 19.4. The molecule has 148 valence electrons. The van der Waals surface area contributed by atoms with E-state index < -0.39 is 5.97 Å². The number of aliphatic carboxylic acids is 1. The van der Waals surface area contributed by atoms with Crippen LogP contribution in [0.15, 0.2) is 23.8 Å². The maximum Gasteiger partial charge on any atom is 0.303 e. The van der Waals surface area contributed by atoms with E-state index in [9.17, 15) is 9.59 Å². The van der Waals surface area contributed by atoms with E-state index >= 15 is 0 Å². The van der Waals surface area contributed by atoms with Crippen LogP contribution in [0.5, 0.6) is 0 Å². The van der Waals surface area contributed by atoms with Gasteiger partial charge in [-0.25, -0.2) is 0 Å². The topological polar surface area (TPSA) is 54.4 Å². The van der Waals surface area contributed by atoms with E-state index in [1.165, 1.54) is 31.3 Å². The normalized spacial score (nSPS) is 44.1. The first-order chi connectivity index (χ1) is 12.8. The summed E-state index contributed by atoms with van der Waals surface area (Å²) in [5, 5.41) is 9.07. The smallest absolute Gasteiger partial charge is 0.303 e. The third kappa shape index (κ3) is 2.93. The number of hydrogen-bond donors (Lipinski definition) is 1. The second-order valence-corrected chi connectivity index (χ2v) is 10.3. The van der Waals surface area contributed by atoms with Crippen molar-refractivity contribution >= 4 is 11.8 Å². The number of carbonyl (C=O) groups is 2. The summed E-state index contributed by atoms with van der Waals surface area (Å²) in [5.41, 5.74) is 1.78. The Morgan fingerprint density at radius 3 is 2.74 bits per heavy atom. The summed E-state index contributed by atoms with van der Waals surface area (Å²) in [6.07, 6.45) is 14.4. The van der Waals surface area contributed by atoms with Gasteiger partial charge in [-0.15, -0.1) is 0 Å². The second kappa shape index (κ2) is 6.60. The van der Waals surface area contributed by atoms with Crippen LogP contribution < -0.4 is 0 Å². The van der Waals surface area contributed by atoms with Crippen molar-refractivity contribution in [3.8, 4) is 0 Å². The zero-order valence-corrected chi connectivity index (χ0v) is 17.0. The molecule has 4 rings (SSSR count). The van der Waals surface area contributed by atoms with Crippen LogP contribution in [0.25, 0.3) is 0 Å². The molecule has 0 spiro atoms. The molecule has 0 radical (unpaired) electrons. The number of hydrogen-bond acceptors (Lipinski definition) is 2. The molecule has 0 unspecified atom stereocenters. The van der Waals surface area contributed by atoms with E-state index in [2.05, 4.69) is 32.9 Å². The first-order valence-electron chi connectivity index (χ1n) is 10.9. The summed E-state index contributed by atoms with van der Waals surface area (Å²) in [6.45, 7) is 7.17. The van der Waals surface area contributed by atoms with Crippen LogP contribution in [0.2, 0.25) is 0 Å². The highest BCUT2D eigenvalue weighted by Crippen LogP contribution is 2.66. The van der Waals surface area contributed by atoms with E-state index in [4.69, 9.17) is 5.11 Å². The van der Waals surface area contributed by atoms with Gasteiger partial charge in [-0.1, -0.05) is 32.9 Å². The Bertz CT molecular complexity index is 704. The first-order valence-corrected chi connectivity index (χ1v) is 10.9. The monoisotopic (exact) mass is 370 g/mol. The number of carboxylic acids is 1. The molecule has 0 aromatic rings. The third-order valence-corrected chi connectivity index (χ3v) is 9.09. The number of ketones is 1. The fraction of sp³-hybridized carbons (Fsp3) is 0.750. The molecule has 4 aliphatic rings. The lowest BCUT2D eigenvalue weighted by molar-refractivity contribution is -0.137. The maximum atomic E-state index is 11.9. The molecule has 4 aliphatic carbocycles. The number of carbonyl (C=O) groups excluding carboxylic acids is 1. The quantitative estimate of drug-likeness (QED) is 0.720. The molecule has 0 amide bonds. The largest absolute Gasteiger partial charge is 0.481 e. The van der Waals surface area contributed by atoms with Gasteiger partial charge in [0.1, 0.15) is 0 Å². The zero-order valence-electron chi connectivity index (χ0n) is 17.0. The van der Waals surface area contributed by atoms with Crippen LogP contribution in [-0.4, -0.2) is 16.9 Å². The van der Waals surface area contributed by atoms with Gasteiger partial charge in [0, 0.05) is 12.8 Å². The van der Waals surface area contributed by atoms with E-state index in [1.54, 1.807) is 0 Å². The Morgan fingerprint density at radius 2 is 2.00 bits per heavy atom. The average molecular weight is 371 g/mol. The average Bonchev–Trinajstić information content (AvgIpc) is 2.97. The summed E-state index contributed by atoms with van der Waals surface area (Å²) < 4.78 is 0. The molecule has 2 saturated carbocycles. The molecule has 0 saturated heterocycles. The summed E-state index contributed by atoms with van der Waals surface area (Å²) >= 11 is 0. The molecule has 0 aliphatic heterocycles. The Hall–Kier alpha value is -1.38. The molecule has 3 heteroatoms. The van der Waals surface area contributed by atoms with Crippen LogP contribution in [0, 0.1) is 40.4 Å². The molecular formula is C24H34O3. The Kier molecular flexibility index (Phi) is 4.63. The number of fused-ring (bicyclic) bond motifs is 5. The van der Waals surface area contributed by atoms with Crippen LogP contribution >= 0.6 is 0 Å². The number of rotatable bonds is 4. The van der Waals surface area contributed by atoms with Gasteiger partial charge in [0.05, 0.1) is 0 Å². The van der Waals surface area contributed by atoms with E-state index in [0.29, 0.717) is 53.6 Å². The lowest BCUT2D eigenvalue weighted by atomic mass is 9.48. The fourth-order valence-electron chi connectivity index (χ4n) is 7.52.